The highest BCUT2D eigenvalue weighted by Crippen LogP contribution is 2.40. The summed E-state index contributed by atoms with van der Waals surface area (Å²) in [5.41, 5.74) is 5.27. The summed E-state index contributed by atoms with van der Waals surface area (Å²) in [6.07, 6.45) is 1.91. The van der Waals surface area contributed by atoms with Crippen molar-refractivity contribution in [3.63, 3.8) is 0 Å². The Hall–Kier alpha value is -3.30. The molecule has 0 aliphatic rings. The molecular formula is C25H22FN5OS2. The van der Waals surface area contributed by atoms with E-state index in [1.807, 2.05) is 43.5 Å². The lowest BCUT2D eigenvalue weighted by molar-refractivity contribution is 0.533. The monoisotopic (exact) mass is 491 g/mol. The molecule has 0 fully saturated rings. The van der Waals surface area contributed by atoms with Gasteiger partial charge in [0.25, 0.3) is 0 Å². The highest BCUT2D eigenvalue weighted by Gasteiger charge is 2.19. The molecule has 5 rings (SSSR count). The quantitative estimate of drug-likeness (QED) is 0.239. The summed E-state index contributed by atoms with van der Waals surface area (Å²) in [4.78, 5) is 4.95. The Kier molecular flexibility index (Phi) is 6.05. The first-order valence-corrected chi connectivity index (χ1v) is 12.5. The van der Waals surface area contributed by atoms with Gasteiger partial charge in [0.05, 0.1) is 15.6 Å². The third-order valence-corrected chi connectivity index (χ3v) is 7.35. The molecule has 0 unspecified atom stereocenters. The molecule has 5 aromatic rings. The Bertz CT molecular complexity index is 1450. The van der Waals surface area contributed by atoms with Gasteiger partial charge in [0.15, 0.2) is 0 Å². The normalized spacial score (nSPS) is 11.5. The number of aromatic nitrogens is 5. The molecular weight excluding hydrogens is 469 g/mol. The van der Waals surface area contributed by atoms with Crippen molar-refractivity contribution in [2.24, 2.45) is 0 Å². The van der Waals surface area contributed by atoms with Gasteiger partial charge in [-0.25, -0.2) is 14.1 Å². The van der Waals surface area contributed by atoms with Crippen LogP contribution in [0.4, 0.5) is 4.39 Å². The minimum atomic E-state index is -0.268. The van der Waals surface area contributed by atoms with Gasteiger partial charge in [0.1, 0.15) is 5.82 Å². The molecule has 172 valence electrons. The van der Waals surface area contributed by atoms with Crippen LogP contribution in [-0.4, -0.2) is 30.2 Å². The number of halogens is 1. The van der Waals surface area contributed by atoms with Crippen LogP contribution in [0.3, 0.4) is 0 Å². The third kappa shape index (κ3) is 4.53. The second kappa shape index (κ2) is 9.15. The number of hydrogen-bond acceptors (Lipinski definition) is 7. The Morgan fingerprint density at radius 2 is 1.76 bits per heavy atom. The molecule has 0 amide bonds. The first-order chi connectivity index (χ1) is 16.4. The first kappa shape index (κ1) is 22.5. The Morgan fingerprint density at radius 3 is 2.44 bits per heavy atom. The van der Waals surface area contributed by atoms with Gasteiger partial charge in [-0.1, -0.05) is 49.4 Å². The van der Waals surface area contributed by atoms with E-state index in [1.54, 1.807) is 40.8 Å². The lowest BCUT2D eigenvalue weighted by Gasteiger charge is -2.05. The summed E-state index contributed by atoms with van der Waals surface area (Å²) in [7, 11) is 0. The zero-order chi connectivity index (χ0) is 23.8. The van der Waals surface area contributed by atoms with Crippen molar-refractivity contribution < 1.29 is 8.81 Å². The van der Waals surface area contributed by atoms with Crippen LogP contribution in [0, 0.1) is 19.7 Å². The van der Waals surface area contributed by atoms with Crippen molar-refractivity contribution >= 4 is 23.1 Å². The van der Waals surface area contributed by atoms with Crippen molar-refractivity contribution in [2.45, 2.75) is 37.2 Å². The predicted octanol–water partition coefficient (Wildman–Crippen LogP) is 6.97. The van der Waals surface area contributed by atoms with Gasteiger partial charge < -0.3 is 4.42 Å². The zero-order valence-electron chi connectivity index (χ0n) is 19.1. The van der Waals surface area contributed by atoms with E-state index in [4.69, 9.17) is 9.40 Å². The predicted molar refractivity (Wildman–Crippen MR) is 134 cm³/mol. The molecule has 0 saturated carbocycles. The van der Waals surface area contributed by atoms with Crippen LogP contribution < -0.4 is 0 Å². The van der Waals surface area contributed by atoms with E-state index in [9.17, 15) is 4.39 Å². The van der Waals surface area contributed by atoms with Crippen LogP contribution in [0.15, 0.2) is 63.4 Å². The zero-order valence-corrected chi connectivity index (χ0v) is 20.7. The lowest BCUT2D eigenvalue weighted by atomic mass is 10.1. The number of nitrogens with zero attached hydrogens (tertiary/aromatic N) is 5. The number of hydrogen-bond donors (Lipinski definition) is 0. The summed E-state index contributed by atoms with van der Waals surface area (Å²) in [5.74, 6) is 0.763. The van der Waals surface area contributed by atoms with E-state index >= 15 is 0 Å². The average Bonchev–Trinajstić information content (AvgIpc) is 3.52. The molecule has 0 spiro atoms. The molecule has 0 aliphatic carbocycles. The molecule has 0 saturated heterocycles. The summed E-state index contributed by atoms with van der Waals surface area (Å²) < 4.78 is 22.2. The highest BCUT2D eigenvalue weighted by atomic mass is 32.2. The van der Waals surface area contributed by atoms with E-state index in [-0.39, 0.29) is 5.82 Å². The van der Waals surface area contributed by atoms with Crippen LogP contribution in [0.2, 0.25) is 0 Å². The second-order valence-electron chi connectivity index (χ2n) is 8.09. The van der Waals surface area contributed by atoms with Crippen LogP contribution >= 0.6 is 23.1 Å². The standard InChI is InChI=1S/C25H22FN5OS2/c1-14(2)33-24-22(17-8-10-18(11-9-17)23-29-28-16(4)32-23)27-25(34-24)31-13-21(15(3)30-31)19-6-5-7-20(26)12-19/h5-14H,1-4H3. The van der Waals surface area contributed by atoms with Gasteiger partial charge in [-0.2, -0.15) is 5.10 Å². The lowest BCUT2D eigenvalue weighted by Crippen LogP contribution is -1.94. The molecule has 0 bridgehead atoms. The summed E-state index contributed by atoms with van der Waals surface area (Å²) in [6, 6.07) is 14.5. The fraction of sp³-hybridized carbons (Fsp3) is 0.200. The summed E-state index contributed by atoms with van der Waals surface area (Å²) >= 11 is 3.37. The minimum Gasteiger partial charge on any atom is -0.421 e. The van der Waals surface area contributed by atoms with Gasteiger partial charge >= 0.3 is 0 Å². The summed E-state index contributed by atoms with van der Waals surface area (Å²) in [5, 5.41) is 13.8. The molecule has 9 heteroatoms. The SMILES string of the molecule is Cc1nnc(-c2ccc(-c3nc(-n4cc(-c5cccc(F)c5)c(C)n4)sc3SC(C)C)cc2)o1. The van der Waals surface area contributed by atoms with Gasteiger partial charge in [-0.05, 0) is 36.8 Å². The first-order valence-electron chi connectivity index (χ1n) is 10.8. The molecule has 0 N–H and O–H groups in total. The number of thioether (sulfide) groups is 1. The van der Waals surface area contributed by atoms with Crippen molar-refractivity contribution in [1.29, 1.82) is 0 Å². The maximum absolute atomic E-state index is 13.8. The number of aryl methyl sites for hydroxylation is 2. The smallest absolute Gasteiger partial charge is 0.247 e. The van der Waals surface area contributed by atoms with Crippen LogP contribution in [0.1, 0.15) is 25.4 Å². The van der Waals surface area contributed by atoms with Gasteiger partial charge in [0, 0.05) is 35.1 Å². The fourth-order valence-electron chi connectivity index (χ4n) is 3.55. The van der Waals surface area contributed by atoms with Crippen LogP contribution in [0.5, 0.6) is 0 Å². The van der Waals surface area contributed by atoms with Gasteiger partial charge in [-0.15, -0.1) is 22.0 Å². The Labute approximate surface area is 204 Å². The maximum Gasteiger partial charge on any atom is 0.247 e. The minimum absolute atomic E-state index is 0.268. The van der Waals surface area contributed by atoms with Crippen LogP contribution in [0.25, 0.3) is 39.0 Å². The largest absolute Gasteiger partial charge is 0.421 e. The average molecular weight is 492 g/mol. The van der Waals surface area contributed by atoms with E-state index in [0.717, 1.165) is 43.0 Å². The Balaban J connectivity index is 1.52. The highest BCUT2D eigenvalue weighted by molar-refractivity contribution is 8.01. The second-order valence-corrected chi connectivity index (χ2v) is 10.9. The summed E-state index contributed by atoms with van der Waals surface area (Å²) in [6.45, 7) is 8.02. The van der Waals surface area contributed by atoms with Crippen molar-refractivity contribution in [2.75, 3.05) is 0 Å². The van der Waals surface area contributed by atoms with E-state index < -0.39 is 0 Å². The molecule has 6 nitrogen and oxygen atoms in total. The van der Waals surface area contributed by atoms with E-state index in [0.29, 0.717) is 17.0 Å². The van der Waals surface area contributed by atoms with Crippen molar-refractivity contribution in [3.8, 4) is 39.0 Å². The number of benzene rings is 2. The number of thiazole rings is 1. The molecule has 0 atom stereocenters. The van der Waals surface area contributed by atoms with Gasteiger partial charge in [-0.3, -0.25) is 0 Å². The molecule has 2 aromatic carbocycles. The topological polar surface area (TPSA) is 69.6 Å². The molecule has 0 radical (unpaired) electrons. The van der Waals surface area contributed by atoms with E-state index in [2.05, 4.69) is 29.1 Å². The molecule has 34 heavy (non-hydrogen) atoms. The number of rotatable bonds is 6. The van der Waals surface area contributed by atoms with E-state index in [1.165, 1.54) is 12.1 Å². The molecule has 3 aromatic heterocycles. The fourth-order valence-corrected chi connectivity index (χ4v) is 6.00. The molecule has 0 aliphatic heterocycles. The third-order valence-electron chi connectivity index (χ3n) is 5.09. The van der Waals surface area contributed by atoms with Gasteiger partial charge in [0.2, 0.25) is 16.9 Å². The van der Waals surface area contributed by atoms with Crippen molar-refractivity contribution in [3.05, 3.63) is 72.1 Å². The molecule has 3 heterocycles. The van der Waals surface area contributed by atoms with Crippen molar-refractivity contribution in [1.82, 2.24) is 25.0 Å². The van der Waals surface area contributed by atoms with Crippen LogP contribution in [-0.2, 0) is 0 Å². The Morgan fingerprint density at radius 1 is 1.00 bits per heavy atom. The maximum atomic E-state index is 13.8.